The second-order valence-corrected chi connectivity index (χ2v) is 10.7. The Bertz CT molecular complexity index is 1170. The van der Waals surface area contributed by atoms with Crippen molar-refractivity contribution in [3.63, 3.8) is 0 Å². The van der Waals surface area contributed by atoms with Crippen LogP contribution in [0.15, 0.2) is 48.5 Å². The van der Waals surface area contributed by atoms with Gasteiger partial charge in [-0.05, 0) is 82.5 Å². The van der Waals surface area contributed by atoms with E-state index in [1.165, 1.54) is 0 Å². The molecule has 0 aliphatic carbocycles. The molecule has 1 saturated heterocycles. The highest BCUT2D eigenvalue weighted by molar-refractivity contribution is 5.95. The van der Waals surface area contributed by atoms with Gasteiger partial charge in [-0.25, -0.2) is 4.79 Å². The van der Waals surface area contributed by atoms with Gasteiger partial charge < -0.3 is 19.3 Å². The first-order chi connectivity index (χ1) is 17.1. The first kappa shape index (κ1) is 25.8. The molecule has 2 heterocycles. The molecule has 0 saturated carbocycles. The van der Waals surface area contributed by atoms with Crippen molar-refractivity contribution in [3.05, 3.63) is 70.8 Å². The van der Waals surface area contributed by atoms with Crippen molar-refractivity contribution in [3.8, 4) is 5.75 Å². The smallest absolute Gasteiger partial charge is 0.410 e. The molecule has 4 rings (SSSR count). The van der Waals surface area contributed by atoms with Crippen LogP contribution in [0.1, 0.15) is 74.5 Å². The van der Waals surface area contributed by atoms with E-state index >= 15 is 0 Å². The summed E-state index contributed by atoms with van der Waals surface area (Å²) >= 11 is 0. The van der Waals surface area contributed by atoms with Crippen LogP contribution < -0.4 is 4.74 Å². The zero-order valence-corrected chi connectivity index (χ0v) is 22.4. The highest BCUT2D eigenvalue weighted by Gasteiger charge is 2.41. The van der Waals surface area contributed by atoms with E-state index in [9.17, 15) is 9.59 Å². The minimum Gasteiger partial charge on any atom is -0.482 e. The third-order valence-electron chi connectivity index (χ3n) is 6.97. The molecule has 2 aliphatic rings. The molecule has 2 amide bonds. The number of piperidine rings is 1. The van der Waals surface area contributed by atoms with E-state index in [0.717, 1.165) is 28.0 Å². The maximum atomic E-state index is 12.9. The highest BCUT2D eigenvalue weighted by Crippen LogP contribution is 2.44. The SMILES string of the molecule is CCN(CC)C(=O)c1ccc(C2=CC3(CCN(C(=O)OC(C)(C)C)CC3)Oc3ccccc32)c(C)c1. The fourth-order valence-electron chi connectivity index (χ4n) is 5.02. The van der Waals surface area contributed by atoms with E-state index in [1.807, 2.05) is 69.9 Å². The molecule has 2 aliphatic heterocycles. The van der Waals surface area contributed by atoms with E-state index in [2.05, 4.69) is 25.1 Å². The monoisotopic (exact) mass is 490 g/mol. The Morgan fingerprint density at radius 2 is 1.69 bits per heavy atom. The van der Waals surface area contributed by atoms with Crippen molar-refractivity contribution < 1.29 is 19.1 Å². The van der Waals surface area contributed by atoms with Gasteiger partial charge in [0.05, 0.1) is 0 Å². The van der Waals surface area contributed by atoms with E-state index in [0.29, 0.717) is 44.6 Å². The van der Waals surface area contributed by atoms with Gasteiger partial charge in [0.1, 0.15) is 17.0 Å². The summed E-state index contributed by atoms with van der Waals surface area (Å²) in [4.78, 5) is 29.1. The van der Waals surface area contributed by atoms with Crippen LogP contribution in [0.25, 0.3) is 5.57 Å². The Hall–Kier alpha value is -3.28. The van der Waals surface area contributed by atoms with Crippen molar-refractivity contribution in [2.24, 2.45) is 0 Å². The molecule has 6 nitrogen and oxygen atoms in total. The average molecular weight is 491 g/mol. The average Bonchev–Trinajstić information content (AvgIpc) is 2.83. The molecule has 0 atom stereocenters. The number of rotatable bonds is 4. The summed E-state index contributed by atoms with van der Waals surface area (Å²) in [5.74, 6) is 0.908. The molecule has 2 aromatic rings. The van der Waals surface area contributed by atoms with Crippen LogP contribution in [-0.2, 0) is 4.74 Å². The molecule has 0 unspecified atom stereocenters. The van der Waals surface area contributed by atoms with E-state index in [-0.39, 0.29) is 12.0 Å². The minimum atomic E-state index is -0.518. The van der Waals surface area contributed by atoms with Crippen LogP contribution in [-0.4, -0.2) is 59.2 Å². The number of benzene rings is 2. The molecular weight excluding hydrogens is 452 g/mol. The van der Waals surface area contributed by atoms with Gasteiger partial charge in [-0.2, -0.15) is 0 Å². The normalized spacial score (nSPS) is 16.6. The molecule has 2 aromatic carbocycles. The molecule has 1 spiro atoms. The van der Waals surface area contributed by atoms with Crippen molar-refractivity contribution in [2.75, 3.05) is 26.2 Å². The number of aryl methyl sites for hydroxylation is 1. The standard InChI is InChI=1S/C30H38N2O4/c1-7-31(8-2)27(33)22-13-14-23(21(3)19-22)25-20-30(35-26-12-10-9-11-24(25)26)15-17-32(18-16-30)28(34)36-29(4,5)6/h9-14,19-20H,7-8,15-18H2,1-6H3. The molecule has 1 fully saturated rings. The lowest BCUT2D eigenvalue weighted by Crippen LogP contribution is -2.50. The summed E-state index contributed by atoms with van der Waals surface area (Å²) in [5.41, 5.74) is 4.00. The number of likely N-dealkylation sites (tertiary alicyclic amines) is 1. The van der Waals surface area contributed by atoms with E-state index < -0.39 is 11.2 Å². The van der Waals surface area contributed by atoms with Crippen molar-refractivity contribution >= 4 is 17.6 Å². The van der Waals surface area contributed by atoms with Crippen LogP contribution in [0, 0.1) is 6.92 Å². The summed E-state index contributed by atoms with van der Waals surface area (Å²) in [6, 6.07) is 14.1. The fourth-order valence-corrected chi connectivity index (χ4v) is 5.02. The van der Waals surface area contributed by atoms with Gasteiger partial charge in [0.15, 0.2) is 0 Å². The molecule has 0 aromatic heterocycles. The Morgan fingerprint density at radius 1 is 1.03 bits per heavy atom. The zero-order valence-electron chi connectivity index (χ0n) is 22.4. The second-order valence-electron chi connectivity index (χ2n) is 10.7. The predicted octanol–water partition coefficient (Wildman–Crippen LogP) is 6.07. The number of fused-ring (bicyclic) bond motifs is 1. The molecule has 192 valence electrons. The number of carbonyl (C=O) groups excluding carboxylic acids is 2. The Labute approximate surface area is 214 Å². The molecule has 6 heteroatoms. The number of carbonyl (C=O) groups is 2. The lowest BCUT2D eigenvalue weighted by atomic mass is 9.82. The first-order valence-corrected chi connectivity index (χ1v) is 13.0. The third kappa shape index (κ3) is 5.28. The summed E-state index contributed by atoms with van der Waals surface area (Å²) in [6.07, 6.45) is 3.32. The van der Waals surface area contributed by atoms with E-state index in [1.54, 1.807) is 4.90 Å². The number of para-hydroxylation sites is 1. The Kier molecular flexibility index (Phi) is 7.17. The number of hydrogen-bond acceptors (Lipinski definition) is 4. The highest BCUT2D eigenvalue weighted by atomic mass is 16.6. The van der Waals surface area contributed by atoms with E-state index in [4.69, 9.17) is 9.47 Å². The van der Waals surface area contributed by atoms with Gasteiger partial charge >= 0.3 is 6.09 Å². The van der Waals surface area contributed by atoms with Gasteiger partial charge in [-0.15, -0.1) is 0 Å². The number of nitrogens with zero attached hydrogens (tertiary/aromatic N) is 2. The molecule has 36 heavy (non-hydrogen) atoms. The van der Waals surface area contributed by atoms with Crippen LogP contribution in [0.3, 0.4) is 0 Å². The van der Waals surface area contributed by atoms with Crippen LogP contribution in [0.4, 0.5) is 4.79 Å². The number of ether oxygens (including phenoxy) is 2. The summed E-state index contributed by atoms with van der Waals surface area (Å²) < 4.78 is 12.2. The lowest BCUT2D eigenvalue weighted by molar-refractivity contribution is -0.00117. The lowest BCUT2D eigenvalue weighted by Gasteiger charge is -2.43. The summed E-state index contributed by atoms with van der Waals surface area (Å²) in [5, 5.41) is 0. The Morgan fingerprint density at radius 3 is 2.31 bits per heavy atom. The quantitative estimate of drug-likeness (QED) is 0.522. The topological polar surface area (TPSA) is 59.1 Å². The molecule has 0 radical (unpaired) electrons. The van der Waals surface area contributed by atoms with Crippen LogP contribution in [0.2, 0.25) is 0 Å². The molecule has 0 N–H and O–H groups in total. The molecular formula is C30H38N2O4. The van der Waals surface area contributed by atoms with Gasteiger partial charge in [0.25, 0.3) is 5.91 Å². The van der Waals surface area contributed by atoms with Crippen molar-refractivity contribution in [1.29, 1.82) is 0 Å². The van der Waals surface area contributed by atoms with Crippen LogP contribution >= 0.6 is 0 Å². The maximum Gasteiger partial charge on any atom is 0.410 e. The third-order valence-corrected chi connectivity index (χ3v) is 6.97. The fraction of sp³-hybridized carbons (Fsp3) is 0.467. The zero-order chi connectivity index (χ0) is 26.1. The first-order valence-electron chi connectivity index (χ1n) is 13.0. The number of hydrogen-bond donors (Lipinski definition) is 0. The minimum absolute atomic E-state index is 0.0574. The number of amides is 2. The summed E-state index contributed by atoms with van der Waals surface area (Å²) in [7, 11) is 0. The van der Waals surface area contributed by atoms with Gasteiger partial charge in [0, 0.05) is 50.1 Å². The predicted molar refractivity (Wildman–Crippen MR) is 142 cm³/mol. The van der Waals surface area contributed by atoms with Gasteiger partial charge in [-0.1, -0.05) is 24.3 Å². The van der Waals surface area contributed by atoms with Crippen LogP contribution in [0.5, 0.6) is 5.75 Å². The van der Waals surface area contributed by atoms with Crippen molar-refractivity contribution in [2.45, 2.75) is 65.6 Å². The maximum absolute atomic E-state index is 12.9. The van der Waals surface area contributed by atoms with Gasteiger partial charge in [-0.3, -0.25) is 4.79 Å². The van der Waals surface area contributed by atoms with Crippen molar-refractivity contribution in [1.82, 2.24) is 9.80 Å². The summed E-state index contributed by atoms with van der Waals surface area (Å²) in [6.45, 7) is 14.2. The van der Waals surface area contributed by atoms with Gasteiger partial charge in [0.2, 0.25) is 0 Å². The Balaban J connectivity index is 1.64. The largest absolute Gasteiger partial charge is 0.482 e. The second kappa shape index (κ2) is 10.00. The molecule has 0 bridgehead atoms.